The van der Waals surface area contributed by atoms with Gasteiger partial charge in [0.1, 0.15) is 19.0 Å². The SMILES string of the molecule is O=C(O)c1ccc(Cc2cc3cc(Cl)ccc3n2S(=O)(=O)CC=Cc2ccc3c(c2)OCCO3)o1. The van der Waals surface area contributed by atoms with Crippen LogP contribution in [-0.2, 0) is 16.4 Å². The van der Waals surface area contributed by atoms with Gasteiger partial charge in [-0.3, -0.25) is 0 Å². The van der Waals surface area contributed by atoms with Crippen LogP contribution >= 0.6 is 11.6 Å². The third kappa shape index (κ3) is 4.78. The maximum absolute atomic E-state index is 13.4. The number of aromatic nitrogens is 1. The van der Waals surface area contributed by atoms with Gasteiger partial charge in [-0.1, -0.05) is 29.8 Å². The number of hydrogen-bond donors (Lipinski definition) is 1. The first-order valence-corrected chi connectivity index (χ1v) is 12.7. The van der Waals surface area contributed by atoms with Gasteiger partial charge in [-0.2, -0.15) is 0 Å². The predicted molar refractivity (Wildman–Crippen MR) is 131 cm³/mol. The number of aromatic carboxylic acids is 1. The molecule has 35 heavy (non-hydrogen) atoms. The number of furan rings is 1. The van der Waals surface area contributed by atoms with Crippen molar-refractivity contribution in [3.05, 3.63) is 88.5 Å². The molecule has 5 rings (SSSR count). The van der Waals surface area contributed by atoms with Crippen molar-refractivity contribution in [2.24, 2.45) is 0 Å². The van der Waals surface area contributed by atoms with Crippen LogP contribution in [0.15, 0.2) is 65.1 Å². The summed E-state index contributed by atoms with van der Waals surface area (Å²) in [5, 5.41) is 10.2. The topological polar surface area (TPSA) is 108 Å². The monoisotopic (exact) mass is 513 g/mol. The van der Waals surface area contributed by atoms with E-state index >= 15 is 0 Å². The zero-order chi connectivity index (χ0) is 24.6. The van der Waals surface area contributed by atoms with Gasteiger partial charge in [0.25, 0.3) is 0 Å². The number of carbonyl (C=O) groups is 1. The fourth-order valence-electron chi connectivity index (χ4n) is 3.98. The molecule has 0 amide bonds. The number of nitrogens with zero attached hydrogens (tertiary/aromatic N) is 1. The lowest BCUT2D eigenvalue weighted by molar-refractivity contribution is 0.0660. The molecule has 1 aliphatic heterocycles. The van der Waals surface area contributed by atoms with Crippen LogP contribution in [0, 0.1) is 0 Å². The molecule has 0 bridgehead atoms. The first-order chi connectivity index (χ1) is 16.8. The smallest absolute Gasteiger partial charge is 0.371 e. The number of carboxylic acids is 1. The van der Waals surface area contributed by atoms with Crippen LogP contribution in [0.2, 0.25) is 5.02 Å². The van der Waals surface area contributed by atoms with E-state index in [4.69, 9.17) is 30.6 Å². The lowest BCUT2D eigenvalue weighted by atomic mass is 10.2. The van der Waals surface area contributed by atoms with Crippen molar-refractivity contribution in [1.82, 2.24) is 3.97 Å². The molecule has 0 aliphatic carbocycles. The zero-order valence-corrected chi connectivity index (χ0v) is 19.9. The number of hydrogen-bond acceptors (Lipinski definition) is 6. The second-order valence-corrected chi connectivity index (χ2v) is 10.2. The largest absolute Gasteiger partial charge is 0.486 e. The van der Waals surface area contributed by atoms with E-state index in [2.05, 4.69) is 0 Å². The molecular formula is C25H20ClNO7S. The molecule has 180 valence electrons. The van der Waals surface area contributed by atoms with E-state index in [1.807, 2.05) is 6.07 Å². The highest BCUT2D eigenvalue weighted by Crippen LogP contribution is 2.31. The van der Waals surface area contributed by atoms with Gasteiger partial charge < -0.3 is 19.0 Å². The maximum atomic E-state index is 13.4. The third-order valence-electron chi connectivity index (χ3n) is 5.48. The van der Waals surface area contributed by atoms with Gasteiger partial charge in [-0.05, 0) is 54.1 Å². The van der Waals surface area contributed by atoms with Gasteiger partial charge >= 0.3 is 5.97 Å². The Hall–Kier alpha value is -3.69. The molecule has 0 atom stereocenters. The molecule has 0 spiro atoms. The highest BCUT2D eigenvalue weighted by Gasteiger charge is 2.22. The van der Waals surface area contributed by atoms with Gasteiger partial charge in [-0.15, -0.1) is 0 Å². The fourth-order valence-corrected chi connectivity index (χ4v) is 5.59. The number of fused-ring (bicyclic) bond motifs is 2. The van der Waals surface area contributed by atoms with Crippen molar-refractivity contribution < 1.29 is 32.2 Å². The van der Waals surface area contributed by atoms with Crippen LogP contribution in [0.3, 0.4) is 0 Å². The van der Waals surface area contributed by atoms with E-state index in [0.29, 0.717) is 52.1 Å². The van der Waals surface area contributed by atoms with Crippen molar-refractivity contribution in [3.63, 3.8) is 0 Å². The summed E-state index contributed by atoms with van der Waals surface area (Å²) in [6, 6.07) is 14.9. The van der Waals surface area contributed by atoms with Crippen LogP contribution < -0.4 is 9.47 Å². The van der Waals surface area contributed by atoms with Crippen LogP contribution in [0.25, 0.3) is 17.0 Å². The van der Waals surface area contributed by atoms with Gasteiger partial charge in [0.05, 0.1) is 11.3 Å². The van der Waals surface area contributed by atoms with Crippen molar-refractivity contribution >= 4 is 44.6 Å². The number of benzene rings is 2. The minimum Gasteiger partial charge on any atom is -0.486 e. The predicted octanol–water partition coefficient (Wildman–Crippen LogP) is 4.84. The van der Waals surface area contributed by atoms with E-state index in [0.717, 1.165) is 5.56 Å². The first kappa shape index (κ1) is 23.1. The molecule has 0 saturated heterocycles. The summed E-state index contributed by atoms with van der Waals surface area (Å²) in [4.78, 5) is 11.2. The van der Waals surface area contributed by atoms with E-state index < -0.39 is 16.0 Å². The van der Waals surface area contributed by atoms with Crippen molar-refractivity contribution in [2.45, 2.75) is 6.42 Å². The van der Waals surface area contributed by atoms with Gasteiger partial charge in [0.15, 0.2) is 11.5 Å². The molecule has 4 aromatic rings. The summed E-state index contributed by atoms with van der Waals surface area (Å²) in [5.74, 6) is -0.0570. The molecule has 10 heteroatoms. The average Bonchev–Trinajstić information content (AvgIpc) is 3.43. The van der Waals surface area contributed by atoms with E-state index in [1.54, 1.807) is 48.6 Å². The van der Waals surface area contributed by atoms with Crippen LogP contribution in [0.1, 0.15) is 27.6 Å². The van der Waals surface area contributed by atoms with E-state index in [9.17, 15) is 13.2 Å². The molecule has 2 aromatic heterocycles. The lowest BCUT2D eigenvalue weighted by Gasteiger charge is -2.18. The van der Waals surface area contributed by atoms with E-state index in [-0.39, 0.29) is 17.9 Å². The molecule has 0 unspecified atom stereocenters. The molecule has 0 fully saturated rings. The number of rotatable bonds is 7. The van der Waals surface area contributed by atoms with E-state index in [1.165, 1.54) is 16.1 Å². The second kappa shape index (κ2) is 9.16. The van der Waals surface area contributed by atoms with Crippen LogP contribution in [0.5, 0.6) is 11.5 Å². The van der Waals surface area contributed by atoms with Gasteiger partial charge in [-0.25, -0.2) is 17.2 Å². The molecule has 0 saturated carbocycles. The first-order valence-electron chi connectivity index (χ1n) is 10.7. The third-order valence-corrected chi connectivity index (χ3v) is 7.32. The maximum Gasteiger partial charge on any atom is 0.371 e. The summed E-state index contributed by atoms with van der Waals surface area (Å²) in [5.41, 5.74) is 1.69. The molecule has 8 nitrogen and oxygen atoms in total. The number of carboxylic acid groups (broad SMARTS) is 1. The fraction of sp³-hybridized carbons (Fsp3) is 0.160. The summed E-state index contributed by atoms with van der Waals surface area (Å²) in [7, 11) is -3.83. The number of halogens is 1. The quantitative estimate of drug-likeness (QED) is 0.376. The summed E-state index contributed by atoms with van der Waals surface area (Å²) >= 11 is 6.12. The lowest BCUT2D eigenvalue weighted by Crippen LogP contribution is -2.18. The van der Waals surface area contributed by atoms with Crippen LogP contribution in [-0.4, -0.2) is 42.4 Å². The standard InChI is InChI=1S/C25H20ClNO7S/c26-18-4-6-21-17(13-18)14-19(15-20-5-8-23(34-20)25(28)29)27(21)35(30,31)11-1-2-16-3-7-22-24(12-16)33-10-9-32-22/h1-8,12-14H,9-11,15H2,(H,28,29). The molecule has 3 heterocycles. The summed E-state index contributed by atoms with van der Waals surface area (Å²) in [6.07, 6.45) is 3.37. The zero-order valence-electron chi connectivity index (χ0n) is 18.3. The normalized spacial score (nSPS) is 13.5. The highest BCUT2D eigenvalue weighted by atomic mass is 35.5. The molecule has 1 N–H and O–H groups in total. The molecular weight excluding hydrogens is 494 g/mol. The Labute approximate surface area is 206 Å². The number of ether oxygens (including phenoxy) is 2. The van der Waals surface area contributed by atoms with Crippen molar-refractivity contribution in [2.75, 3.05) is 19.0 Å². The Morgan fingerprint density at radius 1 is 1.03 bits per heavy atom. The summed E-state index contributed by atoms with van der Waals surface area (Å²) < 4.78 is 44.6. The van der Waals surface area contributed by atoms with Crippen molar-refractivity contribution in [3.8, 4) is 11.5 Å². The minimum atomic E-state index is -3.83. The Morgan fingerprint density at radius 2 is 1.83 bits per heavy atom. The summed E-state index contributed by atoms with van der Waals surface area (Å²) in [6.45, 7) is 0.958. The van der Waals surface area contributed by atoms with Crippen molar-refractivity contribution in [1.29, 1.82) is 0 Å². The second-order valence-electron chi connectivity index (χ2n) is 7.94. The van der Waals surface area contributed by atoms with Crippen LogP contribution in [0.4, 0.5) is 0 Å². The Bertz CT molecular complexity index is 1570. The molecule has 0 radical (unpaired) electrons. The average molecular weight is 514 g/mol. The van der Waals surface area contributed by atoms with Gasteiger partial charge in [0.2, 0.25) is 15.8 Å². The Kier molecular flexibility index (Phi) is 6.04. The minimum absolute atomic E-state index is 0.0880. The van der Waals surface area contributed by atoms with Gasteiger partial charge in [0, 0.05) is 22.5 Å². The highest BCUT2D eigenvalue weighted by molar-refractivity contribution is 7.90. The molecule has 1 aliphatic rings. The Balaban J connectivity index is 1.46. The Morgan fingerprint density at radius 3 is 2.60 bits per heavy atom. The molecule has 2 aromatic carbocycles.